The normalized spacial score (nSPS) is 10.6. The zero-order valence-corrected chi connectivity index (χ0v) is 14.0. The molecule has 1 N–H and O–H groups in total. The minimum absolute atomic E-state index is 0.255. The fraction of sp³-hybridized carbons (Fsp3) is 0.250. The summed E-state index contributed by atoms with van der Waals surface area (Å²) in [6, 6.07) is 8.39. The molecule has 0 aliphatic carbocycles. The van der Waals surface area contributed by atoms with Crippen LogP contribution in [0.2, 0.25) is 5.02 Å². The number of halogens is 1. The molecule has 0 unspecified atom stereocenters. The molecule has 0 atom stereocenters. The van der Waals surface area contributed by atoms with Crippen LogP contribution in [0.1, 0.15) is 45.4 Å². The van der Waals surface area contributed by atoms with Gasteiger partial charge in [0.1, 0.15) is 5.00 Å². The molecule has 2 rings (SSSR count). The molecule has 2 aromatic rings. The quantitative estimate of drug-likeness (QED) is 0.832. The second kappa shape index (κ2) is 6.94. The molecular weight excluding hydrogens is 322 g/mol. The number of methoxy groups -OCH3 is 1. The average molecular weight is 338 g/mol. The van der Waals surface area contributed by atoms with Gasteiger partial charge in [-0.3, -0.25) is 4.79 Å². The molecule has 4 nitrogen and oxygen atoms in total. The highest BCUT2D eigenvalue weighted by Crippen LogP contribution is 2.33. The minimum atomic E-state index is -0.468. The lowest BCUT2D eigenvalue weighted by atomic mass is 10.1. The Kier molecular flexibility index (Phi) is 5.21. The third kappa shape index (κ3) is 3.67. The van der Waals surface area contributed by atoms with Gasteiger partial charge in [-0.25, -0.2) is 4.79 Å². The van der Waals surface area contributed by atoms with E-state index in [4.69, 9.17) is 16.3 Å². The van der Waals surface area contributed by atoms with E-state index in [2.05, 4.69) is 5.32 Å². The van der Waals surface area contributed by atoms with E-state index in [0.717, 1.165) is 4.88 Å². The zero-order chi connectivity index (χ0) is 16.3. The standard InChI is InChI=1S/C16H16ClNO3S/c1-9(2)13-8-12(16(20)21-3)15(22-13)18-14(19)10-5-4-6-11(17)7-10/h4-9H,1-3H3,(H,18,19). The fourth-order valence-corrected chi connectivity index (χ4v) is 3.09. The van der Waals surface area contributed by atoms with Crippen molar-refractivity contribution in [3.05, 3.63) is 51.4 Å². The van der Waals surface area contributed by atoms with Crippen LogP contribution >= 0.6 is 22.9 Å². The predicted octanol–water partition coefficient (Wildman–Crippen LogP) is 4.56. The summed E-state index contributed by atoms with van der Waals surface area (Å²) in [6.45, 7) is 4.05. The Labute approximate surface area is 138 Å². The van der Waals surface area contributed by atoms with Crippen LogP contribution in [-0.4, -0.2) is 19.0 Å². The lowest BCUT2D eigenvalue weighted by Gasteiger charge is -2.05. The molecule has 0 saturated carbocycles. The number of thiophene rings is 1. The number of esters is 1. The summed E-state index contributed by atoms with van der Waals surface area (Å²) in [4.78, 5) is 25.1. The molecular formula is C16H16ClNO3S. The molecule has 1 aromatic heterocycles. The minimum Gasteiger partial charge on any atom is -0.465 e. The van der Waals surface area contributed by atoms with Crippen molar-refractivity contribution < 1.29 is 14.3 Å². The number of anilines is 1. The van der Waals surface area contributed by atoms with E-state index in [0.29, 0.717) is 21.2 Å². The number of ether oxygens (including phenoxy) is 1. The van der Waals surface area contributed by atoms with Crippen LogP contribution in [0.4, 0.5) is 5.00 Å². The first-order valence-corrected chi connectivity index (χ1v) is 7.90. The Hall–Kier alpha value is -1.85. The lowest BCUT2D eigenvalue weighted by molar-refractivity contribution is 0.0602. The van der Waals surface area contributed by atoms with Crippen LogP contribution < -0.4 is 5.32 Å². The number of amides is 1. The van der Waals surface area contributed by atoms with Crippen molar-refractivity contribution in [1.82, 2.24) is 0 Å². The Balaban J connectivity index is 2.31. The van der Waals surface area contributed by atoms with Gasteiger partial charge < -0.3 is 10.1 Å². The number of carbonyl (C=O) groups is 2. The highest BCUT2D eigenvalue weighted by molar-refractivity contribution is 7.16. The van der Waals surface area contributed by atoms with Gasteiger partial charge in [0.15, 0.2) is 0 Å². The molecule has 22 heavy (non-hydrogen) atoms. The molecule has 0 radical (unpaired) electrons. The summed E-state index contributed by atoms with van der Waals surface area (Å²) in [5.74, 6) is -0.528. The molecule has 0 fully saturated rings. The number of rotatable bonds is 4. The van der Waals surface area contributed by atoms with Gasteiger partial charge >= 0.3 is 5.97 Å². The summed E-state index contributed by atoms with van der Waals surface area (Å²) in [6.07, 6.45) is 0. The third-order valence-electron chi connectivity index (χ3n) is 3.04. The van der Waals surface area contributed by atoms with Gasteiger partial charge in [0.05, 0.1) is 12.7 Å². The van der Waals surface area contributed by atoms with Gasteiger partial charge in [-0.05, 0) is 30.2 Å². The first-order valence-electron chi connectivity index (χ1n) is 6.71. The topological polar surface area (TPSA) is 55.4 Å². The third-order valence-corrected chi connectivity index (χ3v) is 4.63. The zero-order valence-electron chi connectivity index (χ0n) is 12.5. The summed E-state index contributed by atoms with van der Waals surface area (Å²) in [5.41, 5.74) is 0.800. The molecule has 0 saturated heterocycles. The van der Waals surface area contributed by atoms with E-state index in [1.165, 1.54) is 18.4 Å². The first kappa shape index (κ1) is 16.5. The highest BCUT2D eigenvalue weighted by Gasteiger charge is 2.20. The Morgan fingerprint density at radius 2 is 2.00 bits per heavy atom. The van der Waals surface area contributed by atoms with Gasteiger partial charge in [-0.1, -0.05) is 31.5 Å². The smallest absolute Gasteiger partial charge is 0.340 e. The van der Waals surface area contributed by atoms with Crippen LogP contribution in [-0.2, 0) is 4.74 Å². The number of benzene rings is 1. The molecule has 0 aliphatic rings. The molecule has 116 valence electrons. The SMILES string of the molecule is COC(=O)c1cc(C(C)C)sc1NC(=O)c1cccc(Cl)c1. The van der Waals surface area contributed by atoms with Crippen LogP contribution in [0, 0.1) is 0 Å². The molecule has 1 heterocycles. The summed E-state index contributed by atoms with van der Waals surface area (Å²) < 4.78 is 4.77. The number of hydrogen-bond acceptors (Lipinski definition) is 4. The Bertz CT molecular complexity index is 709. The molecule has 0 aliphatic heterocycles. The maximum atomic E-state index is 12.3. The fourth-order valence-electron chi connectivity index (χ4n) is 1.85. The van der Waals surface area contributed by atoms with Crippen molar-refractivity contribution in [3.8, 4) is 0 Å². The van der Waals surface area contributed by atoms with E-state index in [1.807, 2.05) is 13.8 Å². The second-order valence-corrected chi connectivity index (χ2v) is 6.52. The molecule has 1 amide bonds. The number of carbonyl (C=O) groups excluding carboxylic acids is 2. The number of nitrogens with one attached hydrogen (secondary N) is 1. The van der Waals surface area contributed by atoms with Crippen molar-refractivity contribution >= 4 is 39.8 Å². The second-order valence-electron chi connectivity index (χ2n) is 5.00. The van der Waals surface area contributed by atoms with E-state index >= 15 is 0 Å². The predicted molar refractivity (Wildman–Crippen MR) is 89.2 cm³/mol. The van der Waals surface area contributed by atoms with Crippen molar-refractivity contribution in [2.75, 3.05) is 12.4 Å². The highest BCUT2D eigenvalue weighted by atomic mass is 35.5. The maximum Gasteiger partial charge on any atom is 0.340 e. The molecule has 0 bridgehead atoms. The van der Waals surface area contributed by atoms with Crippen molar-refractivity contribution in [3.63, 3.8) is 0 Å². The van der Waals surface area contributed by atoms with Crippen LogP contribution in [0.5, 0.6) is 0 Å². The molecule has 1 aromatic carbocycles. The van der Waals surface area contributed by atoms with Gasteiger partial charge in [0.2, 0.25) is 0 Å². The largest absolute Gasteiger partial charge is 0.465 e. The summed E-state index contributed by atoms with van der Waals surface area (Å²) in [7, 11) is 1.32. The van der Waals surface area contributed by atoms with Crippen molar-refractivity contribution in [1.29, 1.82) is 0 Å². The molecule has 0 spiro atoms. The van der Waals surface area contributed by atoms with Gasteiger partial charge in [-0.2, -0.15) is 0 Å². The Morgan fingerprint density at radius 1 is 1.27 bits per heavy atom. The van der Waals surface area contributed by atoms with Gasteiger partial charge in [-0.15, -0.1) is 11.3 Å². The van der Waals surface area contributed by atoms with E-state index in [-0.39, 0.29) is 11.8 Å². The van der Waals surface area contributed by atoms with Crippen LogP contribution in [0.15, 0.2) is 30.3 Å². The number of hydrogen-bond donors (Lipinski definition) is 1. The average Bonchev–Trinajstić information content (AvgIpc) is 2.90. The first-order chi connectivity index (χ1) is 10.4. The van der Waals surface area contributed by atoms with E-state index in [9.17, 15) is 9.59 Å². The van der Waals surface area contributed by atoms with Crippen molar-refractivity contribution in [2.45, 2.75) is 19.8 Å². The molecule has 6 heteroatoms. The van der Waals surface area contributed by atoms with E-state index < -0.39 is 5.97 Å². The Morgan fingerprint density at radius 3 is 2.59 bits per heavy atom. The van der Waals surface area contributed by atoms with Crippen LogP contribution in [0.3, 0.4) is 0 Å². The van der Waals surface area contributed by atoms with E-state index in [1.54, 1.807) is 30.3 Å². The van der Waals surface area contributed by atoms with Crippen LogP contribution in [0.25, 0.3) is 0 Å². The monoisotopic (exact) mass is 337 g/mol. The van der Waals surface area contributed by atoms with Gasteiger partial charge in [0.25, 0.3) is 5.91 Å². The summed E-state index contributed by atoms with van der Waals surface area (Å²) in [5, 5.41) is 3.73. The summed E-state index contributed by atoms with van der Waals surface area (Å²) >= 11 is 7.26. The maximum absolute atomic E-state index is 12.3. The van der Waals surface area contributed by atoms with Gasteiger partial charge in [0, 0.05) is 15.5 Å². The van der Waals surface area contributed by atoms with Crippen molar-refractivity contribution in [2.24, 2.45) is 0 Å². The lowest BCUT2D eigenvalue weighted by Crippen LogP contribution is -2.13.